The Labute approximate surface area is 245 Å². The van der Waals surface area contributed by atoms with Gasteiger partial charge < -0.3 is 29.2 Å². The molecule has 42 heavy (non-hydrogen) atoms. The van der Waals surface area contributed by atoms with E-state index in [2.05, 4.69) is 51.3 Å². The number of hydrogen-bond acceptors (Lipinski definition) is 8. The molecule has 3 heterocycles. The summed E-state index contributed by atoms with van der Waals surface area (Å²) in [6, 6.07) is 13.8. The first-order valence-electron chi connectivity index (χ1n) is 14.9. The fourth-order valence-corrected chi connectivity index (χ4v) is 5.61. The summed E-state index contributed by atoms with van der Waals surface area (Å²) in [7, 11) is 0. The van der Waals surface area contributed by atoms with E-state index in [1.165, 1.54) is 17.5 Å². The number of anilines is 3. The quantitative estimate of drug-likeness (QED) is 0.278. The molecule has 1 N–H and O–H groups in total. The molecule has 0 atom stereocenters. The normalized spacial score (nSPS) is 17.1. The molecule has 3 aliphatic rings. The van der Waals surface area contributed by atoms with Crippen molar-refractivity contribution in [1.29, 1.82) is 0 Å². The van der Waals surface area contributed by atoms with Gasteiger partial charge in [-0.3, -0.25) is 9.59 Å². The Morgan fingerprint density at radius 2 is 1.86 bits per heavy atom. The second-order valence-electron chi connectivity index (χ2n) is 11.3. The Kier molecular flexibility index (Phi) is 8.12. The summed E-state index contributed by atoms with van der Waals surface area (Å²) >= 11 is 0. The highest BCUT2D eigenvalue weighted by molar-refractivity contribution is 6.05. The monoisotopic (exact) mass is 571 g/mol. The first-order valence-corrected chi connectivity index (χ1v) is 14.9. The largest absolute Gasteiger partial charge is 0.462 e. The van der Waals surface area contributed by atoms with E-state index in [1.807, 2.05) is 11.0 Å². The molecule has 0 radical (unpaired) electrons. The van der Waals surface area contributed by atoms with Crippen LogP contribution in [-0.2, 0) is 9.53 Å². The van der Waals surface area contributed by atoms with Gasteiger partial charge in [-0.05, 0) is 68.5 Å². The van der Waals surface area contributed by atoms with Gasteiger partial charge in [0.25, 0.3) is 5.91 Å². The van der Waals surface area contributed by atoms with Crippen LogP contribution in [0.25, 0.3) is 0 Å². The second-order valence-corrected chi connectivity index (χ2v) is 11.3. The van der Waals surface area contributed by atoms with Gasteiger partial charge >= 0.3 is 5.97 Å². The maximum atomic E-state index is 13.2. The summed E-state index contributed by atoms with van der Waals surface area (Å²) in [4.78, 5) is 48.8. The average molecular weight is 572 g/mol. The van der Waals surface area contributed by atoms with Gasteiger partial charge in [0, 0.05) is 57.3 Å². The fraction of sp³-hybridized carbons (Fsp3) is 0.438. The molecule has 2 aromatic carbocycles. The van der Waals surface area contributed by atoms with Crippen molar-refractivity contribution in [2.75, 3.05) is 61.0 Å². The summed E-state index contributed by atoms with van der Waals surface area (Å²) in [6.45, 7) is 6.83. The van der Waals surface area contributed by atoms with E-state index < -0.39 is 5.97 Å². The van der Waals surface area contributed by atoms with Crippen LogP contribution in [0.2, 0.25) is 0 Å². The molecule has 1 aliphatic carbocycles. The number of nitrogens with zero attached hydrogens (tertiary/aromatic N) is 4. The highest BCUT2D eigenvalue weighted by Gasteiger charge is 2.30. The van der Waals surface area contributed by atoms with E-state index in [9.17, 15) is 14.4 Å². The number of carbonyl (C=O) groups is 3. The van der Waals surface area contributed by atoms with Crippen LogP contribution in [0.3, 0.4) is 0 Å². The van der Waals surface area contributed by atoms with Gasteiger partial charge in [-0.25, -0.2) is 9.78 Å². The minimum atomic E-state index is -0.466. The molecule has 3 aromatic rings. The lowest BCUT2D eigenvalue weighted by Gasteiger charge is -2.38. The summed E-state index contributed by atoms with van der Waals surface area (Å²) in [5, 5.41) is 2.98. The molecule has 2 saturated heterocycles. The van der Waals surface area contributed by atoms with Crippen molar-refractivity contribution >= 4 is 34.8 Å². The molecule has 6 rings (SSSR count). The maximum absolute atomic E-state index is 13.2. The molecule has 0 unspecified atom stereocenters. The lowest BCUT2D eigenvalue weighted by molar-refractivity contribution is -0.127. The number of ether oxygens (including phenoxy) is 1. The van der Waals surface area contributed by atoms with Gasteiger partial charge in [0.2, 0.25) is 5.91 Å². The molecule has 2 amide bonds. The number of hydrogen-bond donors (Lipinski definition) is 1. The predicted octanol–water partition coefficient (Wildman–Crippen LogP) is 4.61. The zero-order valence-corrected chi connectivity index (χ0v) is 24.0. The van der Waals surface area contributed by atoms with E-state index >= 15 is 0 Å². The summed E-state index contributed by atoms with van der Waals surface area (Å²) < 4.78 is 11.1. The molecular weight excluding hydrogens is 534 g/mol. The third kappa shape index (κ3) is 6.42. The lowest BCUT2D eigenvalue weighted by Crippen LogP contribution is -2.46. The second kappa shape index (κ2) is 12.3. The third-order valence-corrected chi connectivity index (χ3v) is 8.13. The van der Waals surface area contributed by atoms with Gasteiger partial charge in [0.15, 0.2) is 11.6 Å². The Balaban J connectivity index is 1.15. The number of piperazine rings is 1. The zero-order valence-electron chi connectivity index (χ0n) is 24.0. The minimum Gasteiger partial charge on any atom is -0.462 e. The Morgan fingerprint density at radius 3 is 2.60 bits per heavy atom. The van der Waals surface area contributed by atoms with Crippen LogP contribution < -0.4 is 15.1 Å². The van der Waals surface area contributed by atoms with Crippen LogP contribution in [0.1, 0.15) is 70.3 Å². The molecule has 0 bridgehead atoms. The molecule has 3 fully saturated rings. The van der Waals surface area contributed by atoms with Crippen LogP contribution in [0.15, 0.2) is 53.1 Å². The number of carbonyl (C=O) groups excluding carboxylic acids is 3. The smallest absolute Gasteiger partial charge is 0.338 e. The molecule has 1 saturated carbocycles. The average Bonchev–Trinajstić information content (AvgIpc) is 3.58. The Bertz CT molecular complexity index is 1460. The Morgan fingerprint density at radius 1 is 1.05 bits per heavy atom. The third-order valence-electron chi connectivity index (χ3n) is 8.13. The fourth-order valence-electron chi connectivity index (χ4n) is 5.61. The number of amides is 2. The maximum Gasteiger partial charge on any atom is 0.338 e. The molecule has 10 nitrogen and oxygen atoms in total. The number of aromatic nitrogens is 1. The first kappa shape index (κ1) is 27.8. The SMILES string of the molecule is Cc1cccc(N2CCN(c3ccc(C(=O)OCCCN4CCCC4=O)cc3NC(=O)c3coc(C4CC4)n3)CC2)c1. The van der Waals surface area contributed by atoms with Crippen molar-refractivity contribution in [3.8, 4) is 0 Å². The van der Waals surface area contributed by atoms with Crippen molar-refractivity contribution in [3.63, 3.8) is 0 Å². The van der Waals surface area contributed by atoms with Crippen molar-refractivity contribution in [2.24, 2.45) is 0 Å². The number of benzene rings is 2. The van der Waals surface area contributed by atoms with Crippen LogP contribution in [0.5, 0.6) is 0 Å². The number of rotatable bonds is 10. The van der Waals surface area contributed by atoms with E-state index in [0.29, 0.717) is 42.4 Å². The van der Waals surface area contributed by atoms with Gasteiger partial charge in [0.05, 0.1) is 23.5 Å². The molecule has 1 aromatic heterocycles. The van der Waals surface area contributed by atoms with E-state index in [1.54, 1.807) is 12.1 Å². The first-order chi connectivity index (χ1) is 20.4. The van der Waals surface area contributed by atoms with Crippen LogP contribution in [-0.4, -0.2) is 73.5 Å². The van der Waals surface area contributed by atoms with Crippen molar-refractivity contribution in [3.05, 3.63) is 71.4 Å². The van der Waals surface area contributed by atoms with E-state index in [-0.39, 0.29) is 24.1 Å². The minimum absolute atomic E-state index is 0.161. The topological polar surface area (TPSA) is 108 Å². The van der Waals surface area contributed by atoms with Gasteiger partial charge in [-0.15, -0.1) is 0 Å². The highest BCUT2D eigenvalue weighted by atomic mass is 16.5. The van der Waals surface area contributed by atoms with Crippen molar-refractivity contribution < 1.29 is 23.5 Å². The summed E-state index contributed by atoms with van der Waals surface area (Å²) in [5.74, 6) is 0.208. The predicted molar refractivity (Wildman–Crippen MR) is 159 cm³/mol. The van der Waals surface area contributed by atoms with Crippen LogP contribution in [0, 0.1) is 6.92 Å². The number of esters is 1. The van der Waals surface area contributed by atoms with Crippen LogP contribution >= 0.6 is 0 Å². The van der Waals surface area contributed by atoms with E-state index in [0.717, 1.165) is 57.7 Å². The molecule has 220 valence electrons. The molecule has 2 aliphatic heterocycles. The van der Waals surface area contributed by atoms with E-state index in [4.69, 9.17) is 9.15 Å². The van der Waals surface area contributed by atoms with Gasteiger partial charge in [-0.2, -0.15) is 0 Å². The molecule has 10 heteroatoms. The summed E-state index contributed by atoms with van der Waals surface area (Å²) in [5.41, 5.74) is 4.36. The standard InChI is InChI=1S/C32H37N5O5/c1-22-5-2-6-25(19-22)35-14-16-36(17-15-35)28-11-10-24(32(40)41-18-4-13-37-12-3-7-29(37)38)20-26(28)33-30(39)27-21-42-31(34-27)23-8-9-23/h2,5-6,10-11,19-21,23H,3-4,7-9,12-18H2,1H3,(H,33,39). The number of nitrogens with one attached hydrogen (secondary N) is 1. The zero-order chi connectivity index (χ0) is 29.1. The molecule has 0 spiro atoms. The van der Waals surface area contributed by atoms with Gasteiger partial charge in [0.1, 0.15) is 6.26 Å². The number of likely N-dealkylation sites (tertiary alicyclic amines) is 1. The lowest BCUT2D eigenvalue weighted by atomic mass is 10.1. The highest BCUT2D eigenvalue weighted by Crippen LogP contribution is 2.39. The van der Waals surface area contributed by atoms with Crippen molar-refractivity contribution in [2.45, 2.75) is 44.9 Å². The molecular formula is C32H37N5O5. The van der Waals surface area contributed by atoms with Gasteiger partial charge in [-0.1, -0.05) is 12.1 Å². The number of aryl methyl sites for hydroxylation is 1. The van der Waals surface area contributed by atoms with Crippen molar-refractivity contribution in [1.82, 2.24) is 9.88 Å². The van der Waals surface area contributed by atoms with Crippen LogP contribution in [0.4, 0.5) is 17.1 Å². The summed E-state index contributed by atoms with van der Waals surface area (Å²) in [6.07, 6.45) is 5.51. The number of oxazole rings is 1. The Hall–Kier alpha value is -4.34.